The number of thiazole rings is 1. The largest absolute Gasteiger partial charge is 0.264 e. The van der Waals surface area contributed by atoms with Crippen LogP contribution in [0.1, 0.15) is 16.7 Å². The number of rotatable bonds is 3. The van der Waals surface area contributed by atoms with Crippen molar-refractivity contribution in [3.63, 3.8) is 0 Å². The van der Waals surface area contributed by atoms with Gasteiger partial charge in [-0.3, -0.25) is 4.29 Å². The molecular formula is C14H10ClNOS. The lowest BCUT2D eigenvalue weighted by Crippen LogP contribution is -1.99. The van der Waals surface area contributed by atoms with Gasteiger partial charge in [-0.25, -0.2) is 4.98 Å². The summed E-state index contributed by atoms with van der Waals surface area (Å²) in [4.78, 5) is 4.57. The molecule has 3 rings (SSSR count). The fourth-order valence-corrected chi connectivity index (χ4v) is 3.13. The molecule has 0 aliphatic carbocycles. The molecule has 0 spiro atoms. The fourth-order valence-electron chi connectivity index (χ4n) is 1.86. The lowest BCUT2D eigenvalue weighted by Gasteiger charge is -2.09. The summed E-state index contributed by atoms with van der Waals surface area (Å²) in [6.07, 6.45) is -0.315. The summed E-state index contributed by atoms with van der Waals surface area (Å²) in [5.74, 6) is 0. The molecule has 3 aromatic rings. The van der Waals surface area contributed by atoms with Crippen LogP contribution in [0, 0.1) is 0 Å². The van der Waals surface area contributed by atoms with Crippen LogP contribution in [-0.4, -0.2) is 4.98 Å². The summed E-state index contributed by atoms with van der Waals surface area (Å²) in [6.45, 7) is 0. The maximum Gasteiger partial charge on any atom is 0.155 e. The van der Waals surface area contributed by atoms with Crippen LogP contribution in [0.5, 0.6) is 0 Å². The summed E-state index contributed by atoms with van der Waals surface area (Å²) in [5, 5.41) is 0.873. The van der Waals surface area contributed by atoms with Crippen molar-refractivity contribution < 1.29 is 4.29 Å². The molecule has 0 N–H and O–H groups in total. The zero-order chi connectivity index (χ0) is 12.4. The highest BCUT2D eigenvalue weighted by Crippen LogP contribution is 2.33. The molecule has 0 aliphatic rings. The van der Waals surface area contributed by atoms with Crippen molar-refractivity contribution in [2.24, 2.45) is 0 Å². The Morgan fingerprint density at radius 2 is 1.72 bits per heavy atom. The molecule has 4 heteroatoms. The van der Waals surface area contributed by atoms with Crippen molar-refractivity contribution >= 4 is 33.4 Å². The van der Waals surface area contributed by atoms with Gasteiger partial charge in [-0.1, -0.05) is 42.5 Å². The van der Waals surface area contributed by atoms with E-state index >= 15 is 0 Å². The molecule has 0 amide bonds. The monoisotopic (exact) mass is 275 g/mol. The van der Waals surface area contributed by atoms with Gasteiger partial charge >= 0.3 is 0 Å². The molecular weight excluding hydrogens is 266 g/mol. The van der Waals surface area contributed by atoms with Crippen LogP contribution in [0.25, 0.3) is 10.2 Å². The summed E-state index contributed by atoms with van der Waals surface area (Å²) >= 11 is 7.24. The number of para-hydroxylation sites is 1. The highest BCUT2D eigenvalue weighted by atomic mass is 35.5. The predicted molar refractivity (Wildman–Crippen MR) is 74.8 cm³/mol. The van der Waals surface area contributed by atoms with Gasteiger partial charge in [-0.15, -0.1) is 11.3 Å². The van der Waals surface area contributed by atoms with E-state index in [9.17, 15) is 0 Å². The molecule has 0 saturated carbocycles. The maximum absolute atomic E-state index is 5.63. The highest BCUT2D eigenvalue weighted by molar-refractivity contribution is 7.18. The number of hydrogen-bond acceptors (Lipinski definition) is 3. The van der Waals surface area contributed by atoms with Gasteiger partial charge in [-0.2, -0.15) is 0 Å². The smallest absolute Gasteiger partial charge is 0.155 e. The number of hydrogen-bond donors (Lipinski definition) is 0. The number of halogens is 1. The van der Waals surface area contributed by atoms with Crippen LogP contribution in [0.2, 0.25) is 0 Å². The SMILES string of the molecule is ClOC(c1ccccc1)c1nc2ccccc2s1. The summed E-state index contributed by atoms with van der Waals surface area (Å²) in [5.41, 5.74) is 1.98. The van der Waals surface area contributed by atoms with Crippen molar-refractivity contribution in [3.05, 3.63) is 65.2 Å². The van der Waals surface area contributed by atoms with Crippen LogP contribution in [0.4, 0.5) is 0 Å². The second-order valence-corrected chi connectivity index (χ2v) is 5.14. The first-order chi connectivity index (χ1) is 8.88. The number of aromatic nitrogens is 1. The van der Waals surface area contributed by atoms with Gasteiger partial charge in [-0.05, 0) is 17.7 Å². The third-order valence-electron chi connectivity index (χ3n) is 2.73. The first kappa shape index (κ1) is 11.7. The third kappa shape index (κ3) is 2.12. The molecule has 1 atom stereocenters. The van der Waals surface area contributed by atoms with Gasteiger partial charge in [0.1, 0.15) is 5.01 Å². The van der Waals surface area contributed by atoms with Crippen LogP contribution < -0.4 is 0 Å². The Hall–Kier alpha value is -1.42. The number of fused-ring (bicyclic) bond motifs is 1. The van der Waals surface area contributed by atoms with E-state index in [0.29, 0.717) is 0 Å². The average molecular weight is 276 g/mol. The lowest BCUT2D eigenvalue weighted by atomic mass is 10.1. The Morgan fingerprint density at radius 3 is 2.44 bits per heavy atom. The summed E-state index contributed by atoms with van der Waals surface area (Å²) < 4.78 is 6.21. The molecule has 2 aromatic carbocycles. The quantitative estimate of drug-likeness (QED) is 0.699. The van der Waals surface area contributed by atoms with E-state index in [0.717, 1.165) is 20.8 Å². The highest BCUT2D eigenvalue weighted by Gasteiger charge is 2.18. The molecule has 0 bridgehead atoms. The summed E-state index contributed by atoms with van der Waals surface area (Å²) in [7, 11) is 0. The first-order valence-corrected chi connectivity index (χ1v) is 6.69. The van der Waals surface area contributed by atoms with Gasteiger partial charge in [0.15, 0.2) is 6.10 Å². The van der Waals surface area contributed by atoms with Crippen molar-refractivity contribution in [1.29, 1.82) is 0 Å². The minimum absolute atomic E-state index is 0.315. The van der Waals surface area contributed by atoms with E-state index in [1.807, 2.05) is 54.6 Å². The molecule has 18 heavy (non-hydrogen) atoms. The van der Waals surface area contributed by atoms with Crippen molar-refractivity contribution in [2.75, 3.05) is 0 Å². The Labute approximate surface area is 114 Å². The molecule has 90 valence electrons. The third-order valence-corrected chi connectivity index (χ3v) is 3.98. The predicted octanol–water partition coefficient (Wildman–Crippen LogP) is 4.56. The van der Waals surface area contributed by atoms with E-state index in [2.05, 4.69) is 4.98 Å². The molecule has 1 aromatic heterocycles. The van der Waals surface area contributed by atoms with E-state index in [1.165, 1.54) is 0 Å². The van der Waals surface area contributed by atoms with E-state index in [1.54, 1.807) is 11.3 Å². The Kier molecular flexibility index (Phi) is 3.28. The van der Waals surface area contributed by atoms with Gasteiger partial charge in [0.2, 0.25) is 0 Å². The standard InChI is InChI=1S/C14H10ClNOS/c15-17-13(10-6-2-1-3-7-10)14-16-11-8-4-5-9-12(11)18-14/h1-9,13H. The molecule has 1 heterocycles. The van der Waals surface area contributed by atoms with Crippen LogP contribution >= 0.6 is 23.2 Å². The second kappa shape index (κ2) is 5.06. The Morgan fingerprint density at radius 1 is 1.00 bits per heavy atom. The van der Waals surface area contributed by atoms with E-state index < -0.39 is 0 Å². The van der Waals surface area contributed by atoms with Crippen molar-refractivity contribution in [2.45, 2.75) is 6.10 Å². The number of benzene rings is 2. The fraction of sp³-hybridized carbons (Fsp3) is 0.0714. The average Bonchev–Trinajstić information content (AvgIpc) is 2.84. The zero-order valence-electron chi connectivity index (χ0n) is 9.42. The Bertz CT molecular complexity index is 620. The Balaban J connectivity index is 2.06. The van der Waals surface area contributed by atoms with Gasteiger partial charge in [0, 0.05) is 0 Å². The molecule has 2 nitrogen and oxygen atoms in total. The van der Waals surface area contributed by atoms with Crippen LogP contribution in [0.3, 0.4) is 0 Å². The maximum atomic E-state index is 5.63. The lowest BCUT2D eigenvalue weighted by molar-refractivity contribution is 0.275. The minimum atomic E-state index is -0.315. The first-order valence-electron chi connectivity index (χ1n) is 5.56. The molecule has 0 aliphatic heterocycles. The molecule has 0 fully saturated rings. The second-order valence-electron chi connectivity index (χ2n) is 3.90. The van der Waals surface area contributed by atoms with Crippen molar-refractivity contribution in [3.8, 4) is 0 Å². The van der Waals surface area contributed by atoms with Gasteiger partial charge < -0.3 is 0 Å². The molecule has 0 saturated heterocycles. The van der Waals surface area contributed by atoms with Crippen molar-refractivity contribution in [1.82, 2.24) is 4.98 Å². The van der Waals surface area contributed by atoms with E-state index in [4.69, 9.17) is 16.2 Å². The van der Waals surface area contributed by atoms with Crippen LogP contribution in [0.15, 0.2) is 54.6 Å². The topological polar surface area (TPSA) is 22.1 Å². The minimum Gasteiger partial charge on any atom is -0.264 e. The normalized spacial score (nSPS) is 12.7. The zero-order valence-corrected chi connectivity index (χ0v) is 11.0. The molecule has 1 unspecified atom stereocenters. The molecule has 0 radical (unpaired) electrons. The van der Waals surface area contributed by atoms with Crippen LogP contribution in [-0.2, 0) is 4.29 Å². The summed E-state index contributed by atoms with van der Waals surface area (Å²) in [6, 6.07) is 17.9. The number of nitrogens with zero attached hydrogens (tertiary/aromatic N) is 1. The van der Waals surface area contributed by atoms with Gasteiger partial charge in [0.05, 0.1) is 22.1 Å². The van der Waals surface area contributed by atoms with E-state index in [-0.39, 0.29) is 6.10 Å². The van der Waals surface area contributed by atoms with Gasteiger partial charge in [0.25, 0.3) is 0 Å².